The topological polar surface area (TPSA) is 81.8 Å². The number of hydrogen-bond acceptors (Lipinski definition) is 4. The third-order valence-corrected chi connectivity index (χ3v) is 3.94. The van der Waals surface area contributed by atoms with E-state index in [0.29, 0.717) is 18.8 Å². The van der Waals surface area contributed by atoms with Gasteiger partial charge in [-0.15, -0.1) is 0 Å². The summed E-state index contributed by atoms with van der Waals surface area (Å²) >= 11 is 0. The molecule has 122 valence electrons. The van der Waals surface area contributed by atoms with Crippen molar-refractivity contribution in [2.24, 2.45) is 5.92 Å². The third kappa shape index (κ3) is 4.32. The average molecular weight is 313 g/mol. The minimum Gasteiger partial charge on any atom is -0.386 e. The molecule has 0 saturated heterocycles. The van der Waals surface area contributed by atoms with E-state index in [9.17, 15) is 4.79 Å². The summed E-state index contributed by atoms with van der Waals surface area (Å²) in [4.78, 5) is 12.2. The summed E-state index contributed by atoms with van der Waals surface area (Å²) in [6, 6.07) is 7.60. The number of H-pyrrole nitrogens is 1. The molecule has 6 nitrogen and oxygen atoms in total. The van der Waals surface area contributed by atoms with Crippen LogP contribution in [0.3, 0.4) is 0 Å². The van der Waals surface area contributed by atoms with Crippen molar-refractivity contribution >= 4 is 16.8 Å². The largest absolute Gasteiger partial charge is 0.386 e. The number of nitrogens with zero attached hydrogens (tertiary/aromatic N) is 1. The fraction of sp³-hybridized carbons (Fsp3) is 0.412. The average Bonchev–Trinajstić information content (AvgIpc) is 3.28. The Bertz CT molecular complexity index is 689. The van der Waals surface area contributed by atoms with Crippen molar-refractivity contribution in [1.29, 1.82) is 0 Å². The lowest BCUT2D eigenvalue weighted by molar-refractivity contribution is 0.0950. The summed E-state index contributed by atoms with van der Waals surface area (Å²) in [6.45, 7) is 7.00. The second-order valence-electron chi connectivity index (χ2n) is 5.98. The van der Waals surface area contributed by atoms with E-state index in [2.05, 4.69) is 32.7 Å². The highest BCUT2D eigenvalue weighted by Gasteiger charge is 2.20. The summed E-state index contributed by atoms with van der Waals surface area (Å²) in [5.74, 6) is 0.701. The number of rotatable bonds is 9. The molecule has 6 heteroatoms. The van der Waals surface area contributed by atoms with Gasteiger partial charge in [-0.25, -0.2) is 0 Å². The van der Waals surface area contributed by atoms with E-state index in [1.165, 1.54) is 12.8 Å². The maximum absolute atomic E-state index is 12.2. The number of fused-ring (bicyclic) bond motifs is 1. The van der Waals surface area contributed by atoms with Crippen LogP contribution in [0.2, 0.25) is 0 Å². The van der Waals surface area contributed by atoms with Crippen molar-refractivity contribution in [3.63, 3.8) is 0 Å². The maximum atomic E-state index is 12.2. The number of nitrogens with one attached hydrogen (secondary N) is 4. The lowest BCUT2D eigenvalue weighted by atomic mass is 10.2. The molecule has 0 radical (unpaired) electrons. The van der Waals surface area contributed by atoms with Crippen molar-refractivity contribution in [3.8, 4) is 0 Å². The lowest BCUT2D eigenvalue weighted by Crippen LogP contribution is -2.34. The van der Waals surface area contributed by atoms with Gasteiger partial charge in [-0.05, 0) is 31.4 Å². The predicted molar refractivity (Wildman–Crippen MR) is 91.2 cm³/mol. The van der Waals surface area contributed by atoms with E-state index < -0.39 is 0 Å². The van der Waals surface area contributed by atoms with Crippen LogP contribution in [0.1, 0.15) is 23.3 Å². The Kier molecular flexibility index (Phi) is 4.92. The van der Waals surface area contributed by atoms with E-state index >= 15 is 0 Å². The standard InChI is InChI=1S/C17H23N5O/c1-12(10-18-11-13-6-7-13)19-8-9-20-17(23)16-14-4-2-3-5-15(14)21-22-16/h2-5,13,18-19H,1,6-11H2,(H,20,23)(H,21,22). The van der Waals surface area contributed by atoms with E-state index in [1.54, 1.807) is 0 Å². The maximum Gasteiger partial charge on any atom is 0.272 e. The smallest absolute Gasteiger partial charge is 0.272 e. The Balaban J connectivity index is 1.36. The van der Waals surface area contributed by atoms with Gasteiger partial charge in [0.2, 0.25) is 0 Å². The number of aromatic nitrogens is 2. The molecule has 0 bridgehead atoms. The number of hydrogen-bond donors (Lipinski definition) is 4. The molecule has 1 amide bonds. The first-order chi connectivity index (χ1) is 11.2. The fourth-order valence-electron chi connectivity index (χ4n) is 2.45. The van der Waals surface area contributed by atoms with Gasteiger partial charge in [0.15, 0.2) is 5.69 Å². The number of amides is 1. The molecule has 0 spiro atoms. The van der Waals surface area contributed by atoms with Crippen molar-refractivity contribution in [2.45, 2.75) is 12.8 Å². The van der Waals surface area contributed by atoms with Gasteiger partial charge >= 0.3 is 0 Å². The molecule has 1 aliphatic carbocycles. The van der Waals surface area contributed by atoms with Crippen LogP contribution in [0.15, 0.2) is 36.5 Å². The van der Waals surface area contributed by atoms with Gasteiger partial charge in [-0.1, -0.05) is 24.8 Å². The fourth-order valence-corrected chi connectivity index (χ4v) is 2.45. The van der Waals surface area contributed by atoms with Crippen LogP contribution >= 0.6 is 0 Å². The van der Waals surface area contributed by atoms with E-state index in [-0.39, 0.29) is 5.91 Å². The molecule has 0 atom stereocenters. The first kappa shape index (κ1) is 15.6. The Morgan fingerprint density at radius 3 is 2.87 bits per heavy atom. The van der Waals surface area contributed by atoms with Gasteiger partial charge in [0.25, 0.3) is 5.91 Å². The van der Waals surface area contributed by atoms with Crippen LogP contribution in [0.5, 0.6) is 0 Å². The minimum atomic E-state index is -0.165. The van der Waals surface area contributed by atoms with Crippen molar-refractivity contribution < 1.29 is 4.79 Å². The van der Waals surface area contributed by atoms with Gasteiger partial charge in [0, 0.05) is 30.7 Å². The van der Waals surface area contributed by atoms with Gasteiger partial charge in [-0.2, -0.15) is 5.10 Å². The van der Waals surface area contributed by atoms with Crippen LogP contribution in [0.4, 0.5) is 0 Å². The Morgan fingerprint density at radius 1 is 1.26 bits per heavy atom. The molecule has 4 N–H and O–H groups in total. The summed E-state index contributed by atoms with van der Waals surface area (Å²) < 4.78 is 0. The summed E-state index contributed by atoms with van der Waals surface area (Å²) in [6.07, 6.45) is 2.70. The molecule has 1 aliphatic rings. The first-order valence-electron chi connectivity index (χ1n) is 8.07. The lowest BCUT2D eigenvalue weighted by Gasteiger charge is -2.11. The molecule has 23 heavy (non-hydrogen) atoms. The molecule has 1 saturated carbocycles. The van der Waals surface area contributed by atoms with Crippen molar-refractivity contribution in [3.05, 3.63) is 42.2 Å². The molecule has 0 unspecified atom stereocenters. The predicted octanol–water partition coefficient (Wildman–Crippen LogP) is 1.40. The SMILES string of the molecule is C=C(CNCC1CC1)NCCNC(=O)c1n[nH]c2ccccc12. The summed E-state index contributed by atoms with van der Waals surface area (Å²) in [7, 11) is 0. The molecule has 1 heterocycles. The number of benzene rings is 1. The molecular formula is C17H23N5O. The Hall–Kier alpha value is -2.34. The quantitative estimate of drug-likeness (QED) is 0.527. The third-order valence-electron chi connectivity index (χ3n) is 3.94. The van der Waals surface area contributed by atoms with Gasteiger partial charge < -0.3 is 16.0 Å². The number of para-hydroxylation sites is 1. The summed E-state index contributed by atoms with van der Waals surface area (Å²) in [5.41, 5.74) is 2.25. The van der Waals surface area contributed by atoms with E-state index in [4.69, 9.17) is 0 Å². The number of carbonyl (C=O) groups is 1. The zero-order valence-corrected chi connectivity index (χ0v) is 13.2. The summed E-state index contributed by atoms with van der Waals surface area (Å²) in [5, 5.41) is 17.3. The van der Waals surface area contributed by atoms with Crippen molar-refractivity contribution in [1.82, 2.24) is 26.1 Å². The van der Waals surface area contributed by atoms with Crippen molar-refractivity contribution in [2.75, 3.05) is 26.2 Å². The molecular weight excluding hydrogens is 290 g/mol. The normalized spacial score (nSPS) is 13.9. The number of carbonyl (C=O) groups excluding carboxylic acids is 1. The Morgan fingerprint density at radius 2 is 2.04 bits per heavy atom. The molecule has 1 aromatic heterocycles. The number of aromatic amines is 1. The Labute approximate surface area is 135 Å². The van der Waals surface area contributed by atoms with Gasteiger partial charge in [0.05, 0.1) is 5.52 Å². The van der Waals surface area contributed by atoms with E-state index in [1.807, 2.05) is 24.3 Å². The van der Waals surface area contributed by atoms with Crippen LogP contribution in [0, 0.1) is 5.92 Å². The zero-order valence-electron chi connectivity index (χ0n) is 13.2. The molecule has 0 aliphatic heterocycles. The van der Waals surface area contributed by atoms with Crippen LogP contribution in [-0.2, 0) is 0 Å². The van der Waals surface area contributed by atoms with Crippen LogP contribution in [0.25, 0.3) is 10.9 Å². The molecule has 1 aromatic carbocycles. The zero-order chi connectivity index (χ0) is 16.1. The molecule has 2 aromatic rings. The highest BCUT2D eigenvalue weighted by molar-refractivity contribution is 6.04. The minimum absolute atomic E-state index is 0.165. The second kappa shape index (κ2) is 7.28. The van der Waals surface area contributed by atoms with E-state index in [0.717, 1.165) is 35.6 Å². The highest BCUT2D eigenvalue weighted by atomic mass is 16.1. The second-order valence-corrected chi connectivity index (χ2v) is 5.98. The molecule has 3 rings (SSSR count). The highest BCUT2D eigenvalue weighted by Crippen LogP contribution is 2.27. The van der Waals surface area contributed by atoms with Crippen LogP contribution in [-0.4, -0.2) is 42.3 Å². The van der Waals surface area contributed by atoms with Gasteiger partial charge in [-0.3, -0.25) is 9.89 Å². The van der Waals surface area contributed by atoms with Gasteiger partial charge in [0.1, 0.15) is 0 Å². The monoisotopic (exact) mass is 313 g/mol. The first-order valence-corrected chi connectivity index (χ1v) is 8.07. The molecule has 1 fully saturated rings. The van der Waals surface area contributed by atoms with Crippen LogP contribution < -0.4 is 16.0 Å².